The van der Waals surface area contributed by atoms with Gasteiger partial charge in [0.2, 0.25) is 6.79 Å². The van der Waals surface area contributed by atoms with Gasteiger partial charge in [-0.25, -0.2) is 0 Å². The number of benzene rings is 1. The van der Waals surface area contributed by atoms with Crippen molar-refractivity contribution in [2.45, 2.75) is 13.1 Å². The number of H-pyrrole nitrogens is 1. The molecule has 4 rings (SSSR count). The molecule has 2 N–H and O–H groups in total. The zero-order valence-electron chi connectivity index (χ0n) is 14.8. The monoisotopic (exact) mass is 371 g/mol. The van der Waals surface area contributed by atoms with E-state index in [1.54, 1.807) is 18.2 Å². The standard InChI is InChI=1S/C19H21N3O5/c23-18(20-10-13-1-4-16-17(9-13)27-12-26-16)15-3-2-14(21-19(15)24)11-22-5-7-25-8-6-22/h1-4,9H,5-8,10-12H2,(H,20,23)(H,21,24). The van der Waals surface area contributed by atoms with Gasteiger partial charge in [-0.05, 0) is 29.8 Å². The van der Waals surface area contributed by atoms with Crippen LogP contribution in [0.4, 0.5) is 0 Å². The molecule has 142 valence electrons. The summed E-state index contributed by atoms with van der Waals surface area (Å²) in [6.07, 6.45) is 0. The van der Waals surface area contributed by atoms with Gasteiger partial charge in [0.25, 0.3) is 11.5 Å². The third kappa shape index (κ3) is 4.12. The van der Waals surface area contributed by atoms with Crippen molar-refractivity contribution < 1.29 is 19.0 Å². The van der Waals surface area contributed by atoms with Crippen LogP contribution in [0.5, 0.6) is 11.5 Å². The maximum absolute atomic E-state index is 12.4. The Hall–Kier alpha value is -2.84. The van der Waals surface area contributed by atoms with Gasteiger partial charge >= 0.3 is 0 Å². The summed E-state index contributed by atoms with van der Waals surface area (Å²) in [5, 5.41) is 2.77. The molecule has 1 aromatic heterocycles. The molecule has 3 heterocycles. The molecule has 0 saturated carbocycles. The molecule has 8 nitrogen and oxygen atoms in total. The number of hydrogen-bond acceptors (Lipinski definition) is 6. The predicted octanol–water partition coefficient (Wildman–Crippen LogP) is 0.866. The first kappa shape index (κ1) is 17.6. The number of fused-ring (bicyclic) bond motifs is 1. The fraction of sp³-hybridized carbons (Fsp3) is 0.368. The average Bonchev–Trinajstić information content (AvgIpc) is 3.15. The Kier molecular flexibility index (Phi) is 5.08. The fourth-order valence-corrected chi connectivity index (χ4v) is 3.11. The lowest BCUT2D eigenvalue weighted by atomic mass is 10.2. The molecule has 0 radical (unpaired) electrons. The van der Waals surface area contributed by atoms with Crippen molar-refractivity contribution >= 4 is 5.91 Å². The lowest BCUT2D eigenvalue weighted by molar-refractivity contribution is 0.0336. The number of amides is 1. The maximum atomic E-state index is 12.4. The third-order valence-electron chi connectivity index (χ3n) is 4.60. The van der Waals surface area contributed by atoms with E-state index in [1.807, 2.05) is 12.1 Å². The predicted molar refractivity (Wildman–Crippen MR) is 96.9 cm³/mol. The summed E-state index contributed by atoms with van der Waals surface area (Å²) in [7, 11) is 0. The molecular formula is C19H21N3O5. The summed E-state index contributed by atoms with van der Waals surface area (Å²) in [6, 6.07) is 8.83. The Balaban J connectivity index is 1.37. The number of nitrogens with zero attached hydrogens (tertiary/aromatic N) is 1. The van der Waals surface area contributed by atoms with Crippen molar-refractivity contribution in [3.8, 4) is 11.5 Å². The molecule has 27 heavy (non-hydrogen) atoms. The maximum Gasteiger partial charge on any atom is 0.261 e. The molecule has 2 aromatic rings. The Morgan fingerprint density at radius 2 is 1.93 bits per heavy atom. The minimum atomic E-state index is -0.410. The van der Waals surface area contributed by atoms with Crippen molar-refractivity contribution in [1.29, 1.82) is 0 Å². The number of carbonyl (C=O) groups is 1. The van der Waals surface area contributed by atoms with Gasteiger partial charge in [0.15, 0.2) is 11.5 Å². The van der Waals surface area contributed by atoms with E-state index in [9.17, 15) is 9.59 Å². The van der Waals surface area contributed by atoms with Crippen molar-refractivity contribution in [1.82, 2.24) is 15.2 Å². The third-order valence-corrected chi connectivity index (χ3v) is 4.60. The molecule has 2 aliphatic heterocycles. The summed E-state index contributed by atoms with van der Waals surface area (Å²) >= 11 is 0. The number of nitrogens with one attached hydrogen (secondary N) is 2. The summed E-state index contributed by atoms with van der Waals surface area (Å²) < 4.78 is 15.9. The molecule has 1 fully saturated rings. The highest BCUT2D eigenvalue weighted by Crippen LogP contribution is 2.32. The molecule has 2 aliphatic rings. The number of morpholine rings is 1. The average molecular weight is 371 g/mol. The van der Waals surface area contributed by atoms with Gasteiger partial charge in [0, 0.05) is 31.9 Å². The molecular weight excluding hydrogens is 350 g/mol. The summed E-state index contributed by atoms with van der Waals surface area (Å²) in [5.41, 5.74) is 1.37. The Bertz CT molecular complexity index is 889. The zero-order valence-corrected chi connectivity index (χ0v) is 14.8. The molecule has 0 unspecified atom stereocenters. The van der Waals surface area contributed by atoms with E-state index in [4.69, 9.17) is 14.2 Å². The smallest absolute Gasteiger partial charge is 0.261 e. The molecule has 0 aliphatic carbocycles. The first-order valence-corrected chi connectivity index (χ1v) is 8.88. The number of aromatic nitrogens is 1. The first-order valence-electron chi connectivity index (χ1n) is 8.88. The summed E-state index contributed by atoms with van der Waals surface area (Å²) in [5.74, 6) is 0.941. The van der Waals surface area contributed by atoms with Crippen molar-refractivity contribution in [2.24, 2.45) is 0 Å². The van der Waals surface area contributed by atoms with Crippen LogP contribution in [0, 0.1) is 0 Å². The van der Waals surface area contributed by atoms with Gasteiger partial charge in [-0.1, -0.05) is 6.07 Å². The molecule has 8 heteroatoms. The van der Waals surface area contributed by atoms with Gasteiger partial charge in [-0.3, -0.25) is 14.5 Å². The van der Waals surface area contributed by atoms with Crippen molar-refractivity contribution in [2.75, 3.05) is 33.1 Å². The number of carbonyl (C=O) groups excluding carboxylic acids is 1. The van der Waals surface area contributed by atoms with Crippen LogP contribution in [-0.4, -0.2) is 48.9 Å². The van der Waals surface area contributed by atoms with E-state index >= 15 is 0 Å². The Morgan fingerprint density at radius 3 is 2.74 bits per heavy atom. The van der Waals surface area contributed by atoms with Gasteiger partial charge in [-0.15, -0.1) is 0 Å². The van der Waals surface area contributed by atoms with E-state index < -0.39 is 5.91 Å². The largest absolute Gasteiger partial charge is 0.454 e. The second-order valence-electron chi connectivity index (χ2n) is 6.49. The normalized spacial score (nSPS) is 16.3. The van der Waals surface area contributed by atoms with E-state index in [0.29, 0.717) is 37.8 Å². The van der Waals surface area contributed by atoms with E-state index in [2.05, 4.69) is 15.2 Å². The number of aromatic amines is 1. The zero-order chi connectivity index (χ0) is 18.6. The van der Waals surface area contributed by atoms with Crippen molar-refractivity contribution in [3.63, 3.8) is 0 Å². The van der Waals surface area contributed by atoms with Gasteiger partial charge in [0.1, 0.15) is 5.56 Å². The van der Waals surface area contributed by atoms with Crippen LogP contribution in [0.1, 0.15) is 21.6 Å². The fourth-order valence-electron chi connectivity index (χ4n) is 3.11. The van der Waals surface area contributed by atoms with Crippen molar-refractivity contribution in [3.05, 3.63) is 57.5 Å². The lowest BCUT2D eigenvalue weighted by Gasteiger charge is -2.26. The van der Waals surface area contributed by atoms with Crippen LogP contribution in [0.15, 0.2) is 35.1 Å². The van der Waals surface area contributed by atoms with Gasteiger partial charge in [0.05, 0.1) is 13.2 Å². The second kappa shape index (κ2) is 7.81. The number of rotatable bonds is 5. The topological polar surface area (TPSA) is 92.9 Å². The van der Waals surface area contributed by atoms with Gasteiger partial charge in [-0.2, -0.15) is 0 Å². The minimum absolute atomic E-state index is 0.0986. The van der Waals surface area contributed by atoms with E-state index in [1.165, 1.54) is 0 Å². The lowest BCUT2D eigenvalue weighted by Crippen LogP contribution is -2.36. The summed E-state index contributed by atoms with van der Waals surface area (Å²) in [6.45, 7) is 4.20. The highest BCUT2D eigenvalue weighted by atomic mass is 16.7. The van der Waals surface area contributed by atoms with E-state index in [0.717, 1.165) is 24.3 Å². The highest BCUT2D eigenvalue weighted by molar-refractivity contribution is 5.93. The van der Waals surface area contributed by atoms with Crippen LogP contribution >= 0.6 is 0 Å². The number of ether oxygens (including phenoxy) is 3. The first-order chi connectivity index (χ1) is 13.2. The SMILES string of the molecule is O=C(NCc1ccc2c(c1)OCO2)c1ccc(CN2CCOCC2)[nH]c1=O. The van der Waals surface area contributed by atoms with Crippen LogP contribution < -0.4 is 20.3 Å². The Labute approximate surface area is 156 Å². The number of hydrogen-bond donors (Lipinski definition) is 2. The molecule has 1 amide bonds. The minimum Gasteiger partial charge on any atom is -0.454 e. The van der Waals surface area contributed by atoms with Crippen LogP contribution in [0.2, 0.25) is 0 Å². The number of pyridine rings is 1. The van der Waals surface area contributed by atoms with Crippen LogP contribution in [0.3, 0.4) is 0 Å². The Morgan fingerprint density at radius 1 is 1.11 bits per heavy atom. The second-order valence-corrected chi connectivity index (χ2v) is 6.49. The van der Waals surface area contributed by atoms with E-state index in [-0.39, 0.29) is 17.9 Å². The quantitative estimate of drug-likeness (QED) is 0.810. The van der Waals surface area contributed by atoms with Crippen LogP contribution in [0.25, 0.3) is 0 Å². The molecule has 0 atom stereocenters. The molecule has 0 bridgehead atoms. The summed E-state index contributed by atoms with van der Waals surface area (Å²) in [4.78, 5) is 29.7. The molecule has 1 saturated heterocycles. The molecule has 0 spiro atoms. The van der Waals surface area contributed by atoms with Gasteiger partial charge < -0.3 is 24.5 Å². The van der Waals surface area contributed by atoms with Crippen LogP contribution in [-0.2, 0) is 17.8 Å². The highest BCUT2D eigenvalue weighted by Gasteiger charge is 2.16. The molecule has 1 aromatic carbocycles.